The Morgan fingerprint density at radius 3 is 2.89 bits per heavy atom. The Labute approximate surface area is 157 Å². The molecule has 10 heteroatoms. The molecule has 3 aromatic heterocycles. The van der Waals surface area contributed by atoms with Gasteiger partial charge in [0, 0.05) is 6.61 Å². The number of aromatic nitrogens is 3. The van der Waals surface area contributed by atoms with Crippen LogP contribution in [-0.4, -0.2) is 39.3 Å². The number of ether oxygens (including phenoxy) is 1. The summed E-state index contributed by atoms with van der Waals surface area (Å²) in [6, 6.07) is 3.59. The van der Waals surface area contributed by atoms with Crippen LogP contribution in [0.2, 0.25) is 0 Å². The fourth-order valence-corrected chi connectivity index (χ4v) is 3.25. The number of nitrogens with zero attached hydrogens (tertiary/aromatic N) is 3. The van der Waals surface area contributed by atoms with Crippen LogP contribution >= 0.6 is 0 Å². The molecule has 148 valence electrons. The predicted molar refractivity (Wildman–Crippen MR) is 91.6 cm³/mol. The number of amides is 1. The molecule has 0 saturated carbocycles. The topological polar surface area (TPSA) is 81.7 Å². The van der Waals surface area contributed by atoms with Crippen molar-refractivity contribution in [1.82, 2.24) is 19.9 Å². The minimum Gasteiger partial charge on any atom is -0.463 e. The number of furan rings is 1. The molecule has 4 rings (SSSR count). The molecule has 1 fully saturated rings. The average Bonchev–Trinajstić information content (AvgIpc) is 3.40. The van der Waals surface area contributed by atoms with Crippen molar-refractivity contribution in [1.29, 1.82) is 0 Å². The van der Waals surface area contributed by atoms with E-state index in [0.29, 0.717) is 11.1 Å². The minimum atomic E-state index is -4.69. The summed E-state index contributed by atoms with van der Waals surface area (Å²) >= 11 is 0. The third-order valence-corrected chi connectivity index (χ3v) is 4.66. The number of alkyl halides is 3. The van der Waals surface area contributed by atoms with Crippen molar-refractivity contribution >= 4 is 11.6 Å². The summed E-state index contributed by atoms with van der Waals surface area (Å²) in [5, 5.41) is 6.51. The summed E-state index contributed by atoms with van der Waals surface area (Å²) in [5.41, 5.74) is -1.33. The Bertz CT molecular complexity index is 992. The predicted octanol–water partition coefficient (Wildman–Crippen LogP) is 3.31. The van der Waals surface area contributed by atoms with Gasteiger partial charge in [-0.25, -0.2) is 9.50 Å². The SMILES string of the molecule is C[C@@H](NC(=O)c1cnn2c(C(F)(F)F)cc(-c3ccco3)nc12)[C@@H]1CCCO1. The number of nitrogens with one attached hydrogen (secondary N) is 1. The lowest BCUT2D eigenvalue weighted by Crippen LogP contribution is -2.40. The number of hydrogen-bond donors (Lipinski definition) is 1. The molecular weight excluding hydrogens is 377 g/mol. The third-order valence-electron chi connectivity index (χ3n) is 4.66. The van der Waals surface area contributed by atoms with E-state index in [4.69, 9.17) is 9.15 Å². The number of fused-ring (bicyclic) bond motifs is 1. The molecule has 0 radical (unpaired) electrons. The highest BCUT2D eigenvalue weighted by Gasteiger charge is 2.36. The molecule has 1 saturated heterocycles. The summed E-state index contributed by atoms with van der Waals surface area (Å²) in [7, 11) is 0. The van der Waals surface area contributed by atoms with Crippen LogP contribution in [0.5, 0.6) is 0 Å². The highest BCUT2D eigenvalue weighted by Crippen LogP contribution is 2.32. The normalized spacial score (nSPS) is 18.5. The molecule has 0 spiro atoms. The largest absolute Gasteiger partial charge is 0.463 e. The van der Waals surface area contributed by atoms with E-state index in [2.05, 4.69) is 15.4 Å². The molecule has 2 atom stereocenters. The van der Waals surface area contributed by atoms with Crippen molar-refractivity contribution in [2.75, 3.05) is 6.61 Å². The van der Waals surface area contributed by atoms with E-state index in [9.17, 15) is 18.0 Å². The second-order valence-electron chi connectivity index (χ2n) is 6.61. The molecule has 0 bridgehead atoms. The lowest BCUT2D eigenvalue weighted by Gasteiger charge is -2.19. The van der Waals surface area contributed by atoms with Crippen molar-refractivity contribution in [3.05, 3.63) is 41.9 Å². The van der Waals surface area contributed by atoms with E-state index < -0.39 is 17.8 Å². The van der Waals surface area contributed by atoms with Crippen LogP contribution in [0.4, 0.5) is 13.2 Å². The van der Waals surface area contributed by atoms with E-state index in [-0.39, 0.29) is 34.8 Å². The fraction of sp³-hybridized carbons (Fsp3) is 0.389. The van der Waals surface area contributed by atoms with Crippen molar-refractivity contribution in [3.8, 4) is 11.5 Å². The van der Waals surface area contributed by atoms with Gasteiger partial charge in [0.2, 0.25) is 0 Å². The van der Waals surface area contributed by atoms with Crippen LogP contribution in [0.25, 0.3) is 17.1 Å². The maximum absolute atomic E-state index is 13.5. The molecule has 4 heterocycles. The Balaban J connectivity index is 1.75. The summed E-state index contributed by atoms with van der Waals surface area (Å²) < 4.78 is 51.9. The van der Waals surface area contributed by atoms with E-state index in [1.807, 2.05) is 0 Å². The zero-order valence-corrected chi connectivity index (χ0v) is 14.9. The van der Waals surface area contributed by atoms with Crippen LogP contribution in [-0.2, 0) is 10.9 Å². The molecule has 0 aromatic carbocycles. The van der Waals surface area contributed by atoms with Crippen LogP contribution in [0, 0.1) is 0 Å². The van der Waals surface area contributed by atoms with E-state index in [1.54, 1.807) is 13.0 Å². The van der Waals surface area contributed by atoms with Gasteiger partial charge in [-0.3, -0.25) is 4.79 Å². The quantitative estimate of drug-likeness (QED) is 0.734. The second kappa shape index (κ2) is 6.93. The van der Waals surface area contributed by atoms with Gasteiger partial charge in [0.05, 0.1) is 24.6 Å². The Morgan fingerprint density at radius 2 is 2.25 bits per heavy atom. The molecule has 7 nitrogen and oxygen atoms in total. The Morgan fingerprint density at radius 1 is 1.43 bits per heavy atom. The average molecular weight is 394 g/mol. The molecule has 1 N–H and O–H groups in total. The van der Waals surface area contributed by atoms with Crippen LogP contribution in [0.3, 0.4) is 0 Å². The van der Waals surface area contributed by atoms with E-state index >= 15 is 0 Å². The molecular formula is C18H17F3N4O3. The van der Waals surface area contributed by atoms with Gasteiger partial charge in [-0.15, -0.1) is 0 Å². The minimum absolute atomic E-state index is 0.0356. The fourth-order valence-electron chi connectivity index (χ4n) is 3.25. The number of halogens is 3. The first kappa shape index (κ1) is 18.5. The van der Waals surface area contributed by atoms with Gasteiger partial charge in [-0.1, -0.05) is 0 Å². The zero-order valence-electron chi connectivity index (χ0n) is 14.9. The molecule has 1 aliphatic heterocycles. The van der Waals surface area contributed by atoms with Gasteiger partial charge >= 0.3 is 6.18 Å². The molecule has 3 aromatic rings. The maximum atomic E-state index is 13.5. The van der Waals surface area contributed by atoms with Gasteiger partial charge < -0.3 is 14.5 Å². The number of carbonyl (C=O) groups excluding carboxylic acids is 1. The third kappa shape index (κ3) is 3.35. The van der Waals surface area contributed by atoms with Crippen molar-refractivity contribution < 1.29 is 27.1 Å². The first-order chi connectivity index (χ1) is 13.3. The summed E-state index contributed by atoms with van der Waals surface area (Å²) in [6.45, 7) is 2.42. The molecule has 28 heavy (non-hydrogen) atoms. The summed E-state index contributed by atoms with van der Waals surface area (Å²) in [4.78, 5) is 16.9. The smallest absolute Gasteiger partial charge is 0.433 e. The number of carbonyl (C=O) groups is 1. The summed E-state index contributed by atoms with van der Waals surface area (Å²) in [5.74, 6) is -0.400. The lowest BCUT2D eigenvalue weighted by molar-refractivity contribution is -0.142. The van der Waals surface area contributed by atoms with Gasteiger partial charge in [-0.05, 0) is 38.0 Å². The molecule has 0 unspecified atom stereocenters. The standard InChI is InChI=1S/C18H17F3N4O3/c1-10(13-4-2-6-27-13)23-17(26)11-9-22-25-15(18(19,20)21)8-12(24-16(11)25)14-5-3-7-28-14/h3,5,7-10,13H,2,4,6H2,1H3,(H,23,26)/t10-,13+/m1/s1. The van der Waals surface area contributed by atoms with E-state index in [1.165, 1.54) is 12.3 Å². The van der Waals surface area contributed by atoms with Gasteiger partial charge in [0.15, 0.2) is 17.1 Å². The Kier molecular flexibility index (Phi) is 4.58. The molecule has 1 aliphatic rings. The van der Waals surface area contributed by atoms with Crippen LogP contribution in [0.1, 0.15) is 35.8 Å². The second-order valence-corrected chi connectivity index (χ2v) is 6.61. The van der Waals surface area contributed by atoms with Gasteiger partial charge in [0.1, 0.15) is 11.3 Å². The van der Waals surface area contributed by atoms with Gasteiger partial charge in [0.25, 0.3) is 5.91 Å². The lowest BCUT2D eigenvalue weighted by atomic mass is 10.1. The molecule has 1 amide bonds. The summed E-state index contributed by atoms with van der Waals surface area (Å²) in [6.07, 6.45) is -0.668. The molecule has 0 aliphatic carbocycles. The van der Waals surface area contributed by atoms with Crippen molar-refractivity contribution in [2.24, 2.45) is 0 Å². The number of rotatable bonds is 4. The van der Waals surface area contributed by atoms with Crippen molar-refractivity contribution in [3.63, 3.8) is 0 Å². The first-order valence-corrected chi connectivity index (χ1v) is 8.77. The monoisotopic (exact) mass is 394 g/mol. The van der Waals surface area contributed by atoms with Crippen LogP contribution in [0.15, 0.2) is 35.1 Å². The zero-order chi connectivity index (χ0) is 19.9. The van der Waals surface area contributed by atoms with Crippen LogP contribution < -0.4 is 5.32 Å². The number of hydrogen-bond acceptors (Lipinski definition) is 5. The Hall–Kier alpha value is -2.88. The maximum Gasteiger partial charge on any atom is 0.433 e. The highest BCUT2D eigenvalue weighted by molar-refractivity contribution is 6.00. The first-order valence-electron chi connectivity index (χ1n) is 8.77. The highest BCUT2D eigenvalue weighted by atomic mass is 19.4. The van der Waals surface area contributed by atoms with E-state index in [0.717, 1.165) is 25.1 Å². The van der Waals surface area contributed by atoms with Gasteiger partial charge in [-0.2, -0.15) is 18.3 Å². The van der Waals surface area contributed by atoms with Crippen molar-refractivity contribution in [2.45, 2.75) is 38.1 Å².